The Kier molecular flexibility index (Phi) is 1.37. The molecular formula is C7H14N+. The fourth-order valence-corrected chi connectivity index (χ4v) is 0.828. The molecule has 0 atom stereocenters. The number of rotatable bonds is 2. The minimum atomic E-state index is 0.627. The molecule has 1 aliphatic carbocycles. The second kappa shape index (κ2) is 1.88. The molecular weight excluding hydrogens is 98.1 g/mol. The molecule has 1 aliphatic rings. The molecule has 0 heterocycles. The first-order valence-corrected chi connectivity index (χ1v) is 3.30. The molecule has 1 heteroatoms. The second-order valence-electron chi connectivity index (χ2n) is 2.84. The summed E-state index contributed by atoms with van der Waals surface area (Å²) >= 11 is 0. The zero-order chi connectivity index (χ0) is 6.15. The first-order chi connectivity index (χ1) is 3.72. The van der Waals surface area contributed by atoms with E-state index in [0.717, 1.165) is 6.04 Å². The first-order valence-electron chi connectivity index (χ1n) is 3.30. The van der Waals surface area contributed by atoms with Crippen molar-refractivity contribution in [3.63, 3.8) is 0 Å². The highest BCUT2D eigenvalue weighted by Gasteiger charge is 2.32. The van der Waals surface area contributed by atoms with Gasteiger partial charge in [-0.3, -0.25) is 0 Å². The predicted molar refractivity (Wildman–Crippen MR) is 35.5 cm³/mol. The van der Waals surface area contributed by atoms with Crippen LogP contribution in [0.2, 0.25) is 0 Å². The van der Waals surface area contributed by atoms with Crippen molar-refractivity contribution in [1.29, 1.82) is 0 Å². The molecule has 1 rings (SSSR count). The molecule has 0 aromatic heterocycles. The summed E-state index contributed by atoms with van der Waals surface area (Å²) in [4.78, 5) is 0. The standard InChI is InChI=1S/C7H14N/c1-6(2)8(3)7-4-5-7/h6-7H,3-5H2,1-2H3/q+1. The summed E-state index contributed by atoms with van der Waals surface area (Å²) in [7, 11) is 0. The summed E-state index contributed by atoms with van der Waals surface area (Å²) in [6.07, 6.45) is 2.73. The molecule has 1 fully saturated rings. The van der Waals surface area contributed by atoms with Crippen LogP contribution in [0.1, 0.15) is 26.7 Å². The Labute approximate surface area is 51.0 Å². The SMILES string of the molecule is C=[N+](C(C)C)C1CC1. The quantitative estimate of drug-likeness (QED) is 0.374. The lowest BCUT2D eigenvalue weighted by molar-refractivity contribution is -0.564. The Hall–Kier alpha value is -0.330. The number of hydrogen-bond donors (Lipinski definition) is 0. The van der Waals surface area contributed by atoms with Crippen LogP contribution in [0.4, 0.5) is 0 Å². The maximum absolute atomic E-state index is 3.93. The molecule has 0 aromatic carbocycles. The van der Waals surface area contributed by atoms with E-state index in [1.807, 2.05) is 0 Å². The Balaban J connectivity index is 2.33. The van der Waals surface area contributed by atoms with Gasteiger partial charge < -0.3 is 0 Å². The van der Waals surface area contributed by atoms with Crippen molar-refractivity contribution in [2.75, 3.05) is 0 Å². The summed E-state index contributed by atoms with van der Waals surface area (Å²) < 4.78 is 2.19. The van der Waals surface area contributed by atoms with Crippen LogP contribution in [0.3, 0.4) is 0 Å². The van der Waals surface area contributed by atoms with Gasteiger partial charge in [-0.2, -0.15) is 0 Å². The highest BCUT2D eigenvalue weighted by Crippen LogP contribution is 2.23. The number of hydrogen-bond acceptors (Lipinski definition) is 0. The minimum absolute atomic E-state index is 0.627. The van der Waals surface area contributed by atoms with E-state index in [1.165, 1.54) is 12.8 Å². The lowest BCUT2D eigenvalue weighted by atomic mass is 10.4. The number of nitrogens with zero attached hydrogens (tertiary/aromatic N) is 1. The average molecular weight is 112 g/mol. The van der Waals surface area contributed by atoms with Gasteiger partial charge in [0.05, 0.1) is 0 Å². The molecule has 1 nitrogen and oxygen atoms in total. The first kappa shape index (κ1) is 5.80. The lowest BCUT2D eigenvalue weighted by Gasteiger charge is -2.01. The summed E-state index contributed by atoms with van der Waals surface area (Å²) in [5, 5.41) is 0. The highest BCUT2D eigenvalue weighted by molar-refractivity contribution is 5.15. The van der Waals surface area contributed by atoms with E-state index < -0.39 is 0 Å². The average Bonchev–Trinajstić information content (AvgIpc) is 2.43. The third-order valence-electron chi connectivity index (χ3n) is 1.68. The van der Waals surface area contributed by atoms with Gasteiger partial charge in [0.2, 0.25) is 0 Å². The molecule has 8 heavy (non-hydrogen) atoms. The van der Waals surface area contributed by atoms with Crippen molar-refractivity contribution in [2.24, 2.45) is 0 Å². The van der Waals surface area contributed by atoms with Crippen molar-refractivity contribution < 1.29 is 4.58 Å². The van der Waals surface area contributed by atoms with Crippen LogP contribution in [0.25, 0.3) is 0 Å². The van der Waals surface area contributed by atoms with Crippen LogP contribution in [-0.4, -0.2) is 23.4 Å². The van der Waals surface area contributed by atoms with Crippen molar-refractivity contribution in [1.82, 2.24) is 0 Å². The third kappa shape index (κ3) is 1.09. The lowest BCUT2D eigenvalue weighted by Crippen LogP contribution is -2.20. The summed E-state index contributed by atoms with van der Waals surface area (Å²) in [6.45, 7) is 8.30. The van der Waals surface area contributed by atoms with E-state index >= 15 is 0 Å². The van der Waals surface area contributed by atoms with Crippen LogP contribution < -0.4 is 0 Å². The highest BCUT2D eigenvalue weighted by atomic mass is 15.1. The molecule has 0 bridgehead atoms. The maximum Gasteiger partial charge on any atom is 0.152 e. The molecule has 0 saturated heterocycles. The van der Waals surface area contributed by atoms with Gasteiger partial charge in [0.15, 0.2) is 6.04 Å². The van der Waals surface area contributed by atoms with E-state index in [0.29, 0.717) is 6.04 Å². The van der Waals surface area contributed by atoms with Crippen molar-refractivity contribution in [2.45, 2.75) is 38.8 Å². The Morgan fingerprint density at radius 1 is 1.50 bits per heavy atom. The molecule has 0 amide bonds. The zero-order valence-electron chi connectivity index (χ0n) is 5.72. The van der Waals surface area contributed by atoms with Crippen LogP contribution in [-0.2, 0) is 0 Å². The monoisotopic (exact) mass is 112 g/mol. The fourth-order valence-electron chi connectivity index (χ4n) is 0.828. The molecule has 1 saturated carbocycles. The molecule has 0 unspecified atom stereocenters. The van der Waals surface area contributed by atoms with Gasteiger partial charge in [-0.1, -0.05) is 0 Å². The molecule has 0 aromatic rings. The van der Waals surface area contributed by atoms with Gasteiger partial charge in [0.1, 0.15) is 12.8 Å². The fraction of sp³-hybridized carbons (Fsp3) is 0.857. The minimum Gasteiger partial charge on any atom is -0.238 e. The van der Waals surface area contributed by atoms with Crippen LogP contribution in [0.5, 0.6) is 0 Å². The topological polar surface area (TPSA) is 3.01 Å². The maximum atomic E-state index is 3.93. The Bertz CT molecular complexity index is 97.0. The molecule has 0 aliphatic heterocycles. The van der Waals surface area contributed by atoms with Gasteiger partial charge >= 0.3 is 0 Å². The van der Waals surface area contributed by atoms with Crippen LogP contribution in [0.15, 0.2) is 0 Å². The Morgan fingerprint density at radius 2 is 2.00 bits per heavy atom. The van der Waals surface area contributed by atoms with Crippen molar-refractivity contribution >= 4 is 6.72 Å². The van der Waals surface area contributed by atoms with Gasteiger partial charge in [0, 0.05) is 12.8 Å². The third-order valence-corrected chi connectivity index (χ3v) is 1.68. The summed E-state index contributed by atoms with van der Waals surface area (Å²) in [5.41, 5.74) is 0. The van der Waals surface area contributed by atoms with Gasteiger partial charge in [-0.15, -0.1) is 0 Å². The smallest absolute Gasteiger partial charge is 0.152 e. The van der Waals surface area contributed by atoms with E-state index in [4.69, 9.17) is 0 Å². The van der Waals surface area contributed by atoms with Crippen molar-refractivity contribution in [3.05, 3.63) is 0 Å². The zero-order valence-corrected chi connectivity index (χ0v) is 5.72. The summed E-state index contributed by atoms with van der Waals surface area (Å²) in [6, 6.07) is 1.44. The van der Waals surface area contributed by atoms with E-state index in [-0.39, 0.29) is 0 Å². The molecule has 46 valence electrons. The Morgan fingerprint density at radius 3 is 2.12 bits per heavy atom. The van der Waals surface area contributed by atoms with E-state index in [9.17, 15) is 0 Å². The van der Waals surface area contributed by atoms with Crippen molar-refractivity contribution in [3.8, 4) is 0 Å². The predicted octanol–water partition coefficient (Wildman–Crippen LogP) is 1.27. The normalized spacial score (nSPS) is 19.4. The van der Waals surface area contributed by atoms with Gasteiger partial charge in [-0.25, -0.2) is 4.58 Å². The van der Waals surface area contributed by atoms with E-state index in [2.05, 4.69) is 25.1 Å². The second-order valence-corrected chi connectivity index (χ2v) is 2.84. The largest absolute Gasteiger partial charge is 0.238 e. The van der Waals surface area contributed by atoms with Gasteiger partial charge in [-0.05, 0) is 13.8 Å². The summed E-state index contributed by atoms with van der Waals surface area (Å²) in [5.74, 6) is 0. The molecule has 0 spiro atoms. The van der Waals surface area contributed by atoms with E-state index in [1.54, 1.807) is 0 Å². The van der Waals surface area contributed by atoms with Crippen LogP contribution in [0, 0.1) is 0 Å². The van der Waals surface area contributed by atoms with Gasteiger partial charge in [0.25, 0.3) is 0 Å². The van der Waals surface area contributed by atoms with Crippen LogP contribution >= 0.6 is 0 Å². The molecule has 0 radical (unpaired) electrons. The molecule has 0 N–H and O–H groups in total.